The van der Waals surface area contributed by atoms with Crippen LogP contribution in [0.5, 0.6) is 0 Å². The molecule has 2 heterocycles. The van der Waals surface area contributed by atoms with E-state index in [0.717, 1.165) is 13.1 Å². The summed E-state index contributed by atoms with van der Waals surface area (Å²) in [6.45, 7) is 2.44. The van der Waals surface area contributed by atoms with Crippen molar-refractivity contribution in [2.24, 2.45) is 0 Å². The molecule has 0 bridgehead atoms. The maximum Gasteiger partial charge on any atom is 0.239 e. The van der Waals surface area contributed by atoms with Crippen molar-refractivity contribution in [2.45, 2.75) is 12.8 Å². The summed E-state index contributed by atoms with van der Waals surface area (Å²) in [5.41, 5.74) is 0.541. The molecule has 4 nitrogen and oxygen atoms in total. The summed E-state index contributed by atoms with van der Waals surface area (Å²) in [5.74, 6) is -0.0270. The lowest BCUT2D eigenvalue weighted by Gasteiger charge is -2.13. The maximum absolute atomic E-state index is 11.7. The molecule has 0 aliphatic carbocycles. The van der Waals surface area contributed by atoms with Crippen LogP contribution in [0.1, 0.15) is 18.4 Å². The van der Waals surface area contributed by atoms with Gasteiger partial charge in [-0.15, -0.1) is 11.3 Å². The second kappa shape index (κ2) is 5.10. The number of carbonyl (C=O) groups excluding carboxylic acids is 1. The molecule has 0 spiro atoms. The molecular formula is C11H13N3OS. The van der Waals surface area contributed by atoms with Gasteiger partial charge in [-0.25, -0.2) is 0 Å². The van der Waals surface area contributed by atoms with Crippen LogP contribution in [-0.2, 0) is 4.79 Å². The maximum atomic E-state index is 11.7. The van der Waals surface area contributed by atoms with Crippen molar-refractivity contribution >= 4 is 22.2 Å². The van der Waals surface area contributed by atoms with Gasteiger partial charge in [-0.05, 0) is 37.4 Å². The summed E-state index contributed by atoms with van der Waals surface area (Å²) in [6.07, 6.45) is 2.35. The van der Waals surface area contributed by atoms with E-state index in [9.17, 15) is 4.79 Å². The van der Waals surface area contributed by atoms with Gasteiger partial charge in [0.05, 0.1) is 12.1 Å². The standard InChI is InChI=1S/C11H13N3OS/c12-7-9-3-6-16-11(9)13-10(15)8-14-4-1-2-5-14/h3,6H,1-2,4-5,8H2,(H,13,15). The van der Waals surface area contributed by atoms with Gasteiger partial charge in [0.2, 0.25) is 5.91 Å². The van der Waals surface area contributed by atoms with Crippen LogP contribution < -0.4 is 5.32 Å². The molecule has 0 unspecified atom stereocenters. The molecule has 1 fully saturated rings. The van der Waals surface area contributed by atoms with E-state index < -0.39 is 0 Å². The quantitative estimate of drug-likeness (QED) is 0.866. The first-order chi connectivity index (χ1) is 7.79. The van der Waals surface area contributed by atoms with Gasteiger partial charge in [0, 0.05) is 0 Å². The molecule has 1 N–H and O–H groups in total. The van der Waals surface area contributed by atoms with Gasteiger partial charge in [-0.1, -0.05) is 0 Å². The number of hydrogen-bond acceptors (Lipinski definition) is 4. The molecule has 1 aliphatic heterocycles. The minimum atomic E-state index is -0.0270. The van der Waals surface area contributed by atoms with E-state index in [1.807, 2.05) is 5.38 Å². The van der Waals surface area contributed by atoms with Crippen LogP contribution in [-0.4, -0.2) is 30.4 Å². The average Bonchev–Trinajstić information content (AvgIpc) is 2.88. The van der Waals surface area contributed by atoms with Gasteiger partial charge in [-0.3, -0.25) is 9.69 Å². The first kappa shape index (κ1) is 11.1. The normalized spacial score (nSPS) is 15.9. The fourth-order valence-corrected chi connectivity index (χ4v) is 2.56. The second-order valence-electron chi connectivity index (χ2n) is 3.81. The molecule has 0 saturated carbocycles. The third-order valence-electron chi connectivity index (χ3n) is 2.60. The molecular weight excluding hydrogens is 222 g/mol. The number of nitrogens with zero attached hydrogens (tertiary/aromatic N) is 2. The minimum absolute atomic E-state index is 0.0270. The Morgan fingerprint density at radius 3 is 3.00 bits per heavy atom. The number of anilines is 1. The number of hydrogen-bond donors (Lipinski definition) is 1. The number of amides is 1. The Balaban J connectivity index is 1.89. The van der Waals surface area contributed by atoms with Gasteiger partial charge in [-0.2, -0.15) is 5.26 Å². The van der Waals surface area contributed by atoms with Gasteiger partial charge in [0.15, 0.2) is 0 Å². The molecule has 0 radical (unpaired) electrons. The molecule has 0 aromatic carbocycles. The van der Waals surface area contributed by atoms with Crippen LogP contribution in [0.25, 0.3) is 0 Å². The smallest absolute Gasteiger partial charge is 0.239 e. The molecule has 0 atom stereocenters. The Morgan fingerprint density at radius 1 is 1.56 bits per heavy atom. The first-order valence-electron chi connectivity index (χ1n) is 5.29. The van der Waals surface area contributed by atoms with Crippen LogP contribution in [0.2, 0.25) is 0 Å². The summed E-state index contributed by atoms with van der Waals surface area (Å²) in [6, 6.07) is 3.78. The van der Waals surface area contributed by atoms with Crippen molar-refractivity contribution in [3.63, 3.8) is 0 Å². The summed E-state index contributed by atoms with van der Waals surface area (Å²) >= 11 is 1.39. The highest BCUT2D eigenvalue weighted by Crippen LogP contribution is 2.22. The summed E-state index contributed by atoms with van der Waals surface area (Å²) < 4.78 is 0. The number of nitrogens with one attached hydrogen (secondary N) is 1. The Bertz CT molecular complexity index is 415. The van der Waals surface area contributed by atoms with Crippen LogP contribution in [0.3, 0.4) is 0 Å². The summed E-state index contributed by atoms with van der Waals surface area (Å²) in [7, 11) is 0. The zero-order chi connectivity index (χ0) is 11.4. The minimum Gasteiger partial charge on any atom is -0.315 e. The highest BCUT2D eigenvalue weighted by atomic mass is 32.1. The van der Waals surface area contributed by atoms with E-state index in [1.54, 1.807) is 6.07 Å². The Kier molecular flexibility index (Phi) is 3.54. The number of carbonyl (C=O) groups is 1. The third-order valence-corrected chi connectivity index (χ3v) is 3.43. The second-order valence-corrected chi connectivity index (χ2v) is 4.72. The molecule has 1 aromatic rings. The lowest BCUT2D eigenvalue weighted by Crippen LogP contribution is -2.30. The van der Waals surface area contributed by atoms with E-state index in [-0.39, 0.29) is 5.91 Å². The monoisotopic (exact) mass is 235 g/mol. The number of nitriles is 1. The van der Waals surface area contributed by atoms with E-state index in [1.165, 1.54) is 24.2 Å². The van der Waals surface area contributed by atoms with Crippen molar-refractivity contribution in [3.05, 3.63) is 17.0 Å². The lowest BCUT2D eigenvalue weighted by atomic mass is 10.3. The molecule has 84 valence electrons. The topological polar surface area (TPSA) is 56.1 Å². The predicted octanol–water partition coefficient (Wildman–Crippen LogP) is 1.65. The molecule has 16 heavy (non-hydrogen) atoms. The van der Waals surface area contributed by atoms with Crippen molar-refractivity contribution in [1.29, 1.82) is 5.26 Å². The fourth-order valence-electron chi connectivity index (χ4n) is 1.80. The number of thiophene rings is 1. The number of likely N-dealkylation sites (tertiary alicyclic amines) is 1. The van der Waals surface area contributed by atoms with Gasteiger partial charge in [0.1, 0.15) is 11.1 Å². The van der Waals surface area contributed by atoms with Crippen molar-refractivity contribution < 1.29 is 4.79 Å². The molecule has 1 aliphatic rings. The van der Waals surface area contributed by atoms with Gasteiger partial charge in [0.25, 0.3) is 0 Å². The summed E-state index contributed by atoms with van der Waals surface area (Å²) in [4.78, 5) is 13.8. The average molecular weight is 235 g/mol. The lowest BCUT2D eigenvalue weighted by molar-refractivity contribution is -0.117. The first-order valence-corrected chi connectivity index (χ1v) is 6.17. The Labute approximate surface area is 98.5 Å². The molecule has 5 heteroatoms. The SMILES string of the molecule is N#Cc1ccsc1NC(=O)CN1CCCC1. The van der Waals surface area contributed by atoms with Crippen LogP contribution >= 0.6 is 11.3 Å². The van der Waals surface area contributed by atoms with Crippen LogP contribution in [0.4, 0.5) is 5.00 Å². The molecule has 1 aromatic heterocycles. The molecule has 2 rings (SSSR count). The molecule has 1 saturated heterocycles. The van der Waals surface area contributed by atoms with Gasteiger partial charge < -0.3 is 5.32 Å². The Hall–Kier alpha value is -1.38. The summed E-state index contributed by atoms with van der Waals surface area (Å²) in [5, 5.41) is 14.1. The fraction of sp³-hybridized carbons (Fsp3) is 0.455. The van der Waals surface area contributed by atoms with Crippen molar-refractivity contribution in [1.82, 2.24) is 4.90 Å². The third kappa shape index (κ3) is 2.60. The van der Waals surface area contributed by atoms with Crippen molar-refractivity contribution in [3.8, 4) is 6.07 Å². The molecule has 1 amide bonds. The predicted molar refractivity (Wildman–Crippen MR) is 63.3 cm³/mol. The Morgan fingerprint density at radius 2 is 2.31 bits per heavy atom. The highest BCUT2D eigenvalue weighted by Gasteiger charge is 2.16. The van der Waals surface area contributed by atoms with Crippen molar-refractivity contribution in [2.75, 3.05) is 25.0 Å². The van der Waals surface area contributed by atoms with E-state index in [2.05, 4.69) is 16.3 Å². The highest BCUT2D eigenvalue weighted by molar-refractivity contribution is 7.14. The number of rotatable bonds is 3. The van der Waals surface area contributed by atoms with E-state index >= 15 is 0 Å². The van der Waals surface area contributed by atoms with E-state index in [0.29, 0.717) is 17.1 Å². The zero-order valence-electron chi connectivity index (χ0n) is 8.90. The largest absolute Gasteiger partial charge is 0.315 e. The van der Waals surface area contributed by atoms with Gasteiger partial charge >= 0.3 is 0 Å². The van der Waals surface area contributed by atoms with Crippen LogP contribution in [0.15, 0.2) is 11.4 Å². The zero-order valence-corrected chi connectivity index (χ0v) is 9.72. The van der Waals surface area contributed by atoms with E-state index in [4.69, 9.17) is 5.26 Å². The van der Waals surface area contributed by atoms with Crippen LogP contribution in [0, 0.1) is 11.3 Å².